The van der Waals surface area contributed by atoms with Crippen LogP contribution in [0, 0.1) is 0 Å². The summed E-state index contributed by atoms with van der Waals surface area (Å²) in [6, 6.07) is 1.61. The molecular weight excluding hydrogens is 399 g/mol. The van der Waals surface area contributed by atoms with Gasteiger partial charge in [-0.15, -0.1) is 0 Å². The number of likely N-dealkylation sites (tertiary alicyclic amines) is 1. The topological polar surface area (TPSA) is 91.0 Å². The monoisotopic (exact) mass is 421 g/mol. The Morgan fingerprint density at radius 3 is 2.79 bits per heavy atom. The minimum Gasteiger partial charge on any atom is -0.481 e. The predicted molar refractivity (Wildman–Crippen MR) is 96.7 cm³/mol. The fourth-order valence-electron chi connectivity index (χ4n) is 2.88. The van der Waals surface area contributed by atoms with E-state index in [1.54, 1.807) is 11.0 Å². The van der Waals surface area contributed by atoms with Crippen molar-refractivity contribution in [3.8, 4) is 0 Å². The lowest BCUT2D eigenvalue weighted by Gasteiger charge is -2.22. The van der Waals surface area contributed by atoms with E-state index in [1.807, 2.05) is 0 Å². The van der Waals surface area contributed by atoms with E-state index in [-0.39, 0.29) is 23.5 Å². The lowest BCUT2D eigenvalue weighted by Crippen LogP contribution is -2.32. The van der Waals surface area contributed by atoms with Gasteiger partial charge in [0.25, 0.3) is 0 Å². The maximum atomic E-state index is 12.6. The zero-order chi connectivity index (χ0) is 20.7. The van der Waals surface area contributed by atoms with Crippen molar-refractivity contribution in [3.05, 3.63) is 35.8 Å². The van der Waals surface area contributed by atoms with Crippen LogP contribution in [0.1, 0.15) is 43.3 Å². The van der Waals surface area contributed by atoms with Gasteiger partial charge >= 0.3 is 12.1 Å². The molecule has 2 heterocycles. The summed E-state index contributed by atoms with van der Waals surface area (Å²) in [6.07, 6.45) is -0.562. The normalized spacial score (nSPS) is 18.9. The SMILES string of the molecule is O=C(O)CSCCCCN1C(=O)CC[C@@H]1C=CC(O)c1ccc(C(F)(F)F)o1. The number of hydrogen-bond acceptors (Lipinski definition) is 5. The van der Waals surface area contributed by atoms with Crippen LogP contribution in [0.15, 0.2) is 28.7 Å². The van der Waals surface area contributed by atoms with Crippen LogP contribution in [0.3, 0.4) is 0 Å². The molecule has 0 aliphatic carbocycles. The molecule has 0 aromatic carbocycles. The van der Waals surface area contributed by atoms with Crippen LogP contribution < -0.4 is 0 Å². The van der Waals surface area contributed by atoms with Gasteiger partial charge in [0.15, 0.2) is 0 Å². The van der Waals surface area contributed by atoms with Crippen LogP contribution in [0.2, 0.25) is 0 Å². The molecule has 0 bridgehead atoms. The number of aliphatic carboxylic acids is 1. The van der Waals surface area contributed by atoms with Crippen LogP contribution in [0.5, 0.6) is 0 Å². The van der Waals surface area contributed by atoms with Gasteiger partial charge in [0.2, 0.25) is 11.7 Å². The first-order chi connectivity index (χ1) is 13.2. The van der Waals surface area contributed by atoms with Crippen molar-refractivity contribution in [3.63, 3.8) is 0 Å². The Hall–Kier alpha value is -1.94. The molecule has 1 unspecified atom stereocenters. The molecule has 1 aromatic heterocycles. The van der Waals surface area contributed by atoms with Crippen LogP contribution in [0.25, 0.3) is 0 Å². The zero-order valence-corrected chi connectivity index (χ0v) is 15.8. The van der Waals surface area contributed by atoms with E-state index in [4.69, 9.17) is 5.11 Å². The quantitative estimate of drug-likeness (QED) is 0.444. The Morgan fingerprint density at radius 2 is 2.14 bits per heavy atom. The molecule has 28 heavy (non-hydrogen) atoms. The highest BCUT2D eigenvalue weighted by Crippen LogP contribution is 2.32. The molecule has 2 atom stereocenters. The summed E-state index contributed by atoms with van der Waals surface area (Å²) in [5.74, 6) is -1.52. The number of carboxylic acids is 1. The largest absolute Gasteiger partial charge is 0.481 e. The van der Waals surface area contributed by atoms with E-state index >= 15 is 0 Å². The number of halogens is 3. The van der Waals surface area contributed by atoms with Gasteiger partial charge in [-0.3, -0.25) is 9.59 Å². The van der Waals surface area contributed by atoms with E-state index in [9.17, 15) is 27.9 Å². The number of hydrogen-bond donors (Lipinski definition) is 2. The molecule has 0 radical (unpaired) electrons. The number of amides is 1. The Kier molecular flexibility index (Phi) is 7.99. The van der Waals surface area contributed by atoms with Crippen molar-refractivity contribution >= 4 is 23.6 Å². The molecule has 10 heteroatoms. The summed E-state index contributed by atoms with van der Waals surface area (Å²) >= 11 is 1.32. The lowest BCUT2D eigenvalue weighted by molar-refractivity contribution is -0.153. The number of aliphatic hydroxyl groups excluding tert-OH is 1. The van der Waals surface area contributed by atoms with Crippen molar-refractivity contribution in [1.82, 2.24) is 4.90 Å². The lowest BCUT2D eigenvalue weighted by atomic mass is 10.1. The molecule has 1 aromatic rings. The average Bonchev–Trinajstić information content (AvgIpc) is 3.23. The van der Waals surface area contributed by atoms with Crippen molar-refractivity contribution in [2.24, 2.45) is 0 Å². The van der Waals surface area contributed by atoms with E-state index in [0.29, 0.717) is 25.1 Å². The van der Waals surface area contributed by atoms with Crippen molar-refractivity contribution in [2.75, 3.05) is 18.1 Å². The second kappa shape index (κ2) is 10.0. The summed E-state index contributed by atoms with van der Waals surface area (Å²) in [4.78, 5) is 24.1. The first kappa shape index (κ1) is 22.4. The number of alkyl halides is 3. The van der Waals surface area contributed by atoms with Crippen LogP contribution in [-0.4, -0.2) is 51.1 Å². The summed E-state index contributed by atoms with van der Waals surface area (Å²) in [5.41, 5.74) is 0. The van der Waals surface area contributed by atoms with E-state index < -0.39 is 24.0 Å². The number of unbranched alkanes of at least 4 members (excludes halogenated alkanes) is 1. The number of carbonyl (C=O) groups is 2. The Morgan fingerprint density at radius 1 is 1.39 bits per heavy atom. The first-order valence-electron chi connectivity index (χ1n) is 8.81. The number of carbonyl (C=O) groups excluding carboxylic acids is 1. The highest BCUT2D eigenvalue weighted by Gasteiger charge is 2.35. The third kappa shape index (κ3) is 6.59. The summed E-state index contributed by atoms with van der Waals surface area (Å²) in [7, 11) is 0. The molecule has 1 aliphatic heterocycles. The summed E-state index contributed by atoms with van der Waals surface area (Å²) in [5, 5.41) is 18.6. The molecule has 1 saturated heterocycles. The fourth-order valence-corrected chi connectivity index (χ4v) is 3.61. The summed E-state index contributed by atoms with van der Waals surface area (Å²) in [6.45, 7) is 0.510. The van der Waals surface area contributed by atoms with Gasteiger partial charge in [-0.1, -0.05) is 12.2 Å². The molecule has 0 saturated carbocycles. The highest BCUT2D eigenvalue weighted by atomic mass is 32.2. The second-order valence-electron chi connectivity index (χ2n) is 6.38. The molecule has 1 aliphatic rings. The van der Waals surface area contributed by atoms with Crippen molar-refractivity contribution in [2.45, 2.75) is 44.0 Å². The maximum absolute atomic E-state index is 12.6. The second-order valence-corrected chi connectivity index (χ2v) is 7.48. The van der Waals surface area contributed by atoms with E-state index in [1.165, 1.54) is 17.8 Å². The molecular formula is C18H22F3NO5S. The molecule has 2 rings (SSSR count). The van der Waals surface area contributed by atoms with Crippen LogP contribution in [-0.2, 0) is 15.8 Å². The number of furan rings is 1. The molecule has 1 amide bonds. The van der Waals surface area contributed by atoms with Gasteiger partial charge in [0, 0.05) is 13.0 Å². The number of thioether (sulfide) groups is 1. The van der Waals surface area contributed by atoms with Crippen LogP contribution >= 0.6 is 11.8 Å². The van der Waals surface area contributed by atoms with Gasteiger partial charge in [0.05, 0.1) is 11.8 Å². The standard InChI is InChI=1S/C18H22F3NO5S/c19-18(20,21)15-7-6-14(27-15)13(23)5-3-12-4-8-16(24)22(12)9-1-2-10-28-11-17(25)26/h3,5-7,12-13,23H,1-2,4,8-11H2,(H,25,26)/t12-,13?/m0/s1. The molecule has 2 N–H and O–H groups in total. The number of aliphatic hydroxyl groups is 1. The first-order valence-corrected chi connectivity index (χ1v) is 9.96. The van der Waals surface area contributed by atoms with E-state index in [2.05, 4.69) is 4.42 Å². The summed E-state index contributed by atoms with van der Waals surface area (Å²) < 4.78 is 42.3. The minimum absolute atomic E-state index is 0.0142. The van der Waals surface area contributed by atoms with Gasteiger partial charge in [-0.2, -0.15) is 24.9 Å². The van der Waals surface area contributed by atoms with E-state index in [0.717, 1.165) is 25.0 Å². The number of carboxylic acid groups (broad SMARTS) is 1. The number of rotatable bonds is 10. The van der Waals surface area contributed by atoms with Crippen molar-refractivity contribution in [1.29, 1.82) is 0 Å². The fraction of sp³-hybridized carbons (Fsp3) is 0.556. The van der Waals surface area contributed by atoms with Gasteiger partial charge < -0.3 is 19.5 Å². The average molecular weight is 421 g/mol. The molecule has 6 nitrogen and oxygen atoms in total. The number of nitrogens with zero attached hydrogens (tertiary/aromatic N) is 1. The highest BCUT2D eigenvalue weighted by molar-refractivity contribution is 7.99. The molecule has 156 valence electrons. The Bertz CT molecular complexity index is 704. The molecule has 1 fully saturated rings. The Balaban J connectivity index is 1.84. The van der Waals surface area contributed by atoms with Crippen LogP contribution in [0.4, 0.5) is 13.2 Å². The minimum atomic E-state index is -4.61. The smallest absolute Gasteiger partial charge is 0.449 e. The van der Waals surface area contributed by atoms with Crippen molar-refractivity contribution < 1.29 is 37.4 Å². The third-order valence-electron chi connectivity index (χ3n) is 4.25. The zero-order valence-electron chi connectivity index (χ0n) is 15.0. The maximum Gasteiger partial charge on any atom is 0.449 e. The van der Waals surface area contributed by atoms with Gasteiger partial charge in [-0.25, -0.2) is 0 Å². The molecule has 0 spiro atoms. The Labute approximate surface area is 164 Å². The van der Waals surface area contributed by atoms with Gasteiger partial charge in [0.1, 0.15) is 11.9 Å². The predicted octanol–water partition coefficient (Wildman–Crippen LogP) is 3.48. The van der Waals surface area contributed by atoms with Gasteiger partial charge in [-0.05, 0) is 37.1 Å². The third-order valence-corrected chi connectivity index (χ3v) is 5.28.